The SMILES string of the molecule is COc1cccc(CNS(=O)(=O)CCCOc2ccc3c(c2)OCO3)c1. The molecule has 0 fully saturated rings. The summed E-state index contributed by atoms with van der Waals surface area (Å²) < 4.78 is 48.0. The van der Waals surface area contributed by atoms with Crippen LogP contribution >= 0.6 is 0 Å². The normalized spacial score (nSPS) is 12.8. The summed E-state index contributed by atoms with van der Waals surface area (Å²) in [5.41, 5.74) is 0.838. The van der Waals surface area contributed by atoms with Gasteiger partial charge in [-0.3, -0.25) is 0 Å². The van der Waals surface area contributed by atoms with E-state index in [1.165, 1.54) is 0 Å². The van der Waals surface area contributed by atoms with Crippen molar-refractivity contribution in [1.82, 2.24) is 4.72 Å². The lowest BCUT2D eigenvalue weighted by atomic mass is 10.2. The molecule has 0 aliphatic carbocycles. The summed E-state index contributed by atoms with van der Waals surface area (Å²) in [6, 6.07) is 12.5. The Balaban J connectivity index is 1.42. The van der Waals surface area contributed by atoms with Crippen molar-refractivity contribution in [2.24, 2.45) is 0 Å². The van der Waals surface area contributed by atoms with Crippen LogP contribution in [0.2, 0.25) is 0 Å². The van der Waals surface area contributed by atoms with Crippen LogP contribution in [0.15, 0.2) is 42.5 Å². The summed E-state index contributed by atoms with van der Waals surface area (Å²) in [5.74, 6) is 2.62. The van der Waals surface area contributed by atoms with Gasteiger partial charge in [-0.2, -0.15) is 0 Å². The topological polar surface area (TPSA) is 83.1 Å². The molecule has 0 aromatic heterocycles. The highest BCUT2D eigenvalue weighted by atomic mass is 32.2. The molecule has 2 aromatic carbocycles. The summed E-state index contributed by atoms with van der Waals surface area (Å²) in [6.07, 6.45) is 0.377. The number of fused-ring (bicyclic) bond motifs is 1. The molecular weight excluding hydrogens is 358 g/mol. The number of methoxy groups -OCH3 is 1. The highest BCUT2D eigenvalue weighted by Crippen LogP contribution is 2.35. The number of rotatable bonds is 9. The van der Waals surface area contributed by atoms with Crippen molar-refractivity contribution in [3.63, 3.8) is 0 Å². The molecule has 140 valence electrons. The zero-order chi connectivity index (χ0) is 18.4. The van der Waals surface area contributed by atoms with Gasteiger partial charge in [0, 0.05) is 12.6 Å². The molecule has 3 rings (SSSR count). The van der Waals surface area contributed by atoms with Crippen LogP contribution in [0, 0.1) is 0 Å². The van der Waals surface area contributed by atoms with E-state index in [1.54, 1.807) is 31.4 Å². The summed E-state index contributed by atoms with van der Waals surface area (Å²) >= 11 is 0. The minimum Gasteiger partial charge on any atom is -0.497 e. The van der Waals surface area contributed by atoms with Crippen LogP contribution in [-0.2, 0) is 16.6 Å². The molecular formula is C18H21NO6S. The molecule has 0 saturated heterocycles. The van der Waals surface area contributed by atoms with Crippen molar-refractivity contribution in [2.45, 2.75) is 13.0 Å². The molecule has 0 amide bonds. The van der Waals surface area contributed by atoms with Crippen LogP contribution in [0.5, 0.6) is 23.0 Å². The van der Waals surface area contributed by atoms with E-state index in [9.17, 15) is 8.42 Å². The fourth-order valence-corrected chi connectivity index (χ4v) is 3.48. The minimum absolute atomic E-state index is 0.0124. The van der Waals surface area contributed by atoms with Crippen molar-refractivity contribution in [1.29, 1.82) is 0 Å². The van der Waals surface area contributed by atoms with Gasteiger partial charge in [-0.15, -0.1) is 0 Å². The first-order valence-corrected chi connectivity index (χ1v) is 9.84. The van der Waals surface area contributed by atoms with Gasteiger partial charge in [0.25, 0.3) is 0 Å². The van der Waals surface area contributed by atoms with Crippen molar-refractivity contribution in [3.05, 3.63) is 48.0 Å². The maximum atomic E-state index is 12.1. The second-order valence-electron chi connectivity index (χ2n) is 5.71. The summed E-state index contributed by atoms with van der Waals surface area (Å²) in [4.78, 5) is 0. The number of nitrogens with one attached hydrogen (secondary N) is 1. The lowest BCUT2D eigenvalue weighted by Crippen LogP contribution is -2.26. The Bertz CT molecular complexity index is 853. The van der Waals surface area contributed by atoms with E-state index in [1.807, 2.05) is 18.2 Å². The third-order valence-corrected chi connectivity index (χ3v) is 5.21. The molecule has 2 aromatic rings. The molecule has 0 spiro atoms. The smallest absolute Gasteiger partial charge is 0.231 e. The van der Waals surface area contributed by atoms with Gasteiger partial charge in [0.1, 0.15) is 11.5 Å². The van der Waals surface area contributed by atoms with Crippen molar-refractivity contribution < 1.29 is 27.4 Å². The van der Waals surface area contributed by atoms with Crippen molar-refractivity contribution in [3.8, 4) is 23.0 Å². The Morgan fingerprint density at radius 1 is 1.08 bits per heavy atom. The lowest BCUT2D eigenvalue weighted by molar-refractivity contribution is 0.173. The van der Waals surface area contributed by atoms with Crippen molar-refractivity contribution >= 4 is 10.0 Å². The molecule has 7 nitrogen and oxygen atoms in total. The molecule has 26 heavy (non-hydrogen) atoms. The predicted octanol–water partition coefficient (Wildman–Crippen LogP) is 2.31. The molecule has 1 heterocycles. The maximum Gasteiger partial charge on any atom is 0.231 e. The molecule has 8 heteroatoms. The van der Waals surface area contributed by atoms with E-state index in [4.69, 9.17) is 18.9 Å². The number of benzene rings is 2. The Labute approximate surface area is 152 Å². The van der Waals surface area contributed by atoms with E-state index >= 15 is 0 Å². The first-order valence-electron chi connectivity index (χ1n) is 8.18. The Kier molecular flexibility index (Phi) is 5.85. The van der Waals surface area contributed by atoms with Gasteiger partial charge in [-0.1, -0.05) is 12.1 Å². The molecule has 1 N–H and O–H groups in total. The van der Waals surface area contributed by atoms with Crippen LogP contribution < -0.4 is 23.7 Å². The fourth-order valence-electron chi connectivity index (χ4n) is 2.45. The van der Waals surface area contributed by atoms with Crippen molar-refractivity contribution in [2.75, 3.05) is 26.3 Å². The van der Waals surface area contributed by atoms with Gasteiger partial charge in [-0.05, 0) is 36.2 Å². The Hall–Kier alpha value is -2.45. The highest BCUT2D eigenvalue weighted by molar-refractivity contribution is 7.89. The summed E-state index contributed by atoms with van der Waals surface area (Å²) in [5, 5.41) is 0. The van der Waals surface area contributed by atoms with Crippen LogP contribution in [0.3, 0.4) is 0 Å². The van der Waals surface area contributed by atoms with Gasteiger partial charge in [0.05, 0.1) is 19.5 Å². The predicted molar refractivity (Wildman–Crippen MR) is 96.3 cm³/mol. The van der Waals surface area contributed by atoms with Gasteiger partial charge in [0.15, 0.2) is 11.5 Å². The largest absolute Gasteiger partial charge is 0.497 e. The van der Waals surface area contributed by atoms with E-state index in [0.29, 0.717) is 36.0 Å². The first-order chi connectivity index (χ1) is 12.6. The lowest BCUT2D eigenvalue weighted by Gasteiger charge is -2.09. The minimum atomic E-state index is -3.38. The van der Waals surface area contributed by atoms with E-state index < -0.39 is 10.0 Å². The third kappa shape index (κ3) is 5.03. The monoisotopic (exact) mass is 379 g/mol. The zero-order valence-electron chi connectivity index (χ0n) is 14.4. The van der Waals surface area contributed by atoms with Crippen LogP contribution in [-0.4, -0.2) is 34.7 Å². The standard InChI is InChI=1S/C18H21NO6S/c1-22-15-5-2-4-14(10-15)12-19-26(20,21)9-3-8-23-16-6-7-17-18(11-16)25-13-24-17/h2,4-7,10-11,19H,3,8-9,12-13H2,1H3. The average Bonchev–Trinajstić information content (AvgIpc) is 3.12. The Morgan fingerprint density at radius 2 is 1.92 bits per heavy atom. The molecule has 0 atom stereocenters. The third-order valence-electron chi connectivity index (χ3n) is 3.80. The van der Waals surface area contributed by atoms with E-state index in [-0.39, 0.29) is 19.1 Å². The van der Waals surface area contributed by atoms with Crippen LogP contribution in [0.1, 0.15) is 12.0 Å². The van der Waals surface area contributed by atoms with Gasteiger partial charge >= 0.3 is 0 Å². The zero-order valence-corrected chi connectivity index (χ0v) is 15.3. The van der Waals surface area contributed by atoms with E-state index in [0.717, 1.165) is 5.56 Å². The fraction of sp³-hybridized carbons (Fsp3) is 0.333. The molecule has 0 unspecified atom stereocenters. The van der Waals surface area contributed by atoms with Crippen LogP contribution in [0.25, 0.3) is 0 Å². The molecule has 0 bridgehead atoms. The number of hydrogen-bond donors (Lipinski definition) is 1. The molecule has 0 saturated carbocycles. The van der Waals surface area contributed by atoms with Gasteiger partial charge in [-0.25, -0.2) is 13.1 Å². The van der Waals surface area contributed by atoms with Gasteiger partial charge < -0.3 is 18.9 Å². The van der Waals surface area contributed by atoms with E-state index in [2.05, 4.69) is 4.72 Å². The number of ether oxygens (including phenoxy) is 4. The van der Waals surface area contributed by atoms with Crippen LogP contribution in [0.4, 0.5) is 0 Å². The average molecular weight is 379 g/mol. The number of sulfonamides is 1. The summed E-state index contributed by atoms with van der Waals surface area (Å²) in [7, 11) is -1.81. The Morgan fingerprint density at radius 3 is 2.77 bits per heavy atom. The second kappa shape index (κ2) is 8.29. The molecule has 0 radical (unpaired) electrons. The molecule has 1 aliphatic heterocycles. The number of hydrogen-bond acceptors (Lipinski definition) is 6. The first kappa shape index (κ1) is 18.3. The highest BCUT2D eigenvalue weighted by Gasteiger charge is 2.14. The summed E-state index contributed by atoms with van der Waals surface area (Å²) in [6.45, 7) is 0.720. The maximum absolute atomic E-state index is 12.1. The van der Waals surface area contributed by atoms with Gasteiger partial charge in [0.2, 0.25) is 16.8 Å². The molecule has 1 aliphatic rings. The second-order valence-corrected chi connectivity index (χ2v) is 7.64. The quantitative estimate of drug-likeness (QED) is 0.673.